The largest absolute Gasteiger partial charge is 0.336 e. The number of rotatable bonds is 5. The van der Waals surface area contributed by atoms with Gasteiger partial charge in [-0.1, -0.05) is 18.9 Å². The summed E-state index contributed by atoms with van der Waals surface area (Å²) in [6.07, 6.45) is 5.09. The monoisotopic (exact) mass is 278 g/mol. The maximum absolute atomic E-state index is 14.0. The van der Waals surface area contributed by atoms with Crippen LogP contribution in [-0.4, -0.2) is 29.9 Å². The van der Waals surface area contributed by atoms with Gasteiger partial charge in [0, 0.05) is 12.6 Å². The van der Waals surface area contributed by atoms with Gasteiger partial charge in [-0.05, 0) is 50.4 Å². The molecule has 1 saturated carbocycles. The van der Waals surface area contributed by atoms with Crippen LogP contribution in [-0.2, 0) is 0 Å². The summed E-state index contributed by atoms with van der Waals surface area (Å²) in [5.41, 5.74) is 6.56. The van der Waals surface area contributed by atoms with E-state index in [4.69, 9.17) is 5.73 Å². The molecule has 0 radical (unpaired) electrons. The first-order valence-electron chi connectivity index (χ1n) is 7.40. The van der Waals surface area contributed by atoms with E-state index < -0.39 is 5.82 Å². The fourth-order valence-electron chi connectivity index (χ4n) is 2.88. The summed E-state index contributed by atoms with van der Waals surface area (Å²) in [5, 5.41) is 0. The first kappa shape index (κ1) is 15.0. The minimum Gasteiger partial charge on any atom is -0.336 e. The van der Waals surface area contributed by atoms with Crippen molar-refractivity contribution in [2.75, 3.05) is 13.1 Å². The van der Waals surface area contributed by atoms with Crippen LogP contribution < -0.4 is 5.73 Å². The number of nitrogens with two attached hydrogens (primary N) is 1. The van der Waals surface area contributed by atoms with Crippen LogP contribution in [0.5, 0.6) is 0 Å². The van der Waals surface area contributed by atoms with Gasteiger partial charge in [0.2, 0.25) is 0 Å². The fourth-order valence-corrected chi connectivity index (χ4v) is 2.88. The van der Waals surface area contributed by atoms with E-state index in [1.165, 1.54) is 6.07 Å². The molecule has 0 atom stereocenters. The third-order valence-electron chi connectivity index (χ3n) is 3.98. The predicted octanol–water partition coefficient (Wildman–Crippen LogP) is 2.87. The third kappa shape index (κ3) is 3.37. The van der Waals surface area contributed by atoms with Crippen molar-refractivity contribution in [2.24, 2.45) is 5.73 Å². The van der Waals surface area contributed by atoms with Crippen molar-refractivity contribution in [1.82, 2.24) is 4.90 Å². The summed E-state index contributed by atoms with van der Waals surface area (Å²) >= 11 is 0. The molecule has 0 saturated heterocycles. The standard InChI is InChI=1S/C16H23FN2O/c1-12-7-8-14(15(17)11-12)16(20)19(10-4-9-18)13-5-2-3-6-13/h7-8,11,13H,2-6,9-10,18H2,1H3. The van der Waals surface area contributed by atoms with Crippen LogP contribution in [0.3, 0.4) is 0 Å². The van der Waals surface area contributed by atoms with Crippen LogP contribution in [0, 0.1) is 12.7 Å². The smallest absolute Gasteiger partial charge is 0.257 e. The number of hydrogen-bond donors (Lipinski definition) is 1. The molecule has 0 unspecified atom stereocenters. The summed E-state index contributed by atoms with van der Waals surface area (Å²) in [4.78, 5) is 14.4. The first-order chi connectivity index (χ1) is 9.63. The van der Waals surface area contributed by atoms with Gasteiger partial charge in [0.05, 0.1) is 5.56 Å². The molecule has 0 aromatic heterocycles. The van der Waals surface area contributed by atoms with E-state index >= 15 is 0 Å². The lowest BCUT2D eigenvalue weighted by molar-refractivity contribution is 0.0675. The molecule has 3 nitrogen and oxygen atoms in total. The quantitative estimate of drug-likeness (QED) is 0.900. The Morgan fingerprint density at radius 2 is 2.10 bits per heavy atom. The number of nitrogens with zero attached hydrogens (tertiary/aromatic N) is 1. The van der Waals surface area contributed by atoms with E-state index in [2.05, 4.69) is 0 Å². The van der Waals surface area contributed by atoms with Gasteiger partial charge in [0.15, 0.2) is 0 Å². The molecule has 1 amide bonds. The average molecular weight is 278 g/mol. The van der Waals surface area contributed by atoms with Crippen molar-refractivity contribution in [2.45, 2.75) is 45.1 Å². The molecule has 110 valence electrons. The van der Waals surface area contributed by atoms with Gasteiger partial charge in [-0.15, -0.1) is 0 Å². The van der Waals surface area contributed by atoms with Crippen LogP contribution in [0.15, 0.2) is 18.2 Å². The number of carbonyl (C=O) groups excluding carboxylic acids is 1. The zero-order valence-electron chi connectivity index (χ0n) is 12.1. The van der Waals surface area contributed by atoms with E-state index in [1.54, 1.807) is 12.1 Å². The Morgan fingerprint density at radius 3 is 2.70 bits per heavy atom. The molecule has 0 aliphatic heterocycles. The van der Waals surface area contributed by atoms with E-state index in [9.17, 15) is 9.18 Å². The Bertz CT molecular complexity index is 470. The number of amides is 1. The third-order valence-corrected chi connectivity index (χ3v) is 3.98. The lowest BCUT2D eigenvalue weighted by Gasteiger charge is -2.29. The highest BCUT2D eigenvalue weighted by Crippen LogP contribution is 2.25. The average Bonchev–Trinajstić information content (AvgIpc) is 2.93. The molecule has 4 heteroatoms. The number of benzene rings is 1. The zero-order chi connectivity index (χ0) is 14.5. The molecular formula is C16H23FN2O. The van der Waals surface area contributed by atoms with Crippen LogP contribution in [0.2, 0.25) is 0 Å². The van der Waals surface area contributed by atoms with E-state index in [1.807, 2.05) is 11.8 Å². The molecule has 1 aromatic rings. The minimum atomic E-state index is -0.425. The number of halogens is 1. The number of aryl methyl sites for hydroxylation is 1. The topological polar surface area (TPSA) is 46.3 Å². The molecule has 0 spiro atoms. The van der Waals surface area contributed by atoms with Crippen molar-refractivity contribution in [3.8, 4) is 0 Å². The molecule has 1 fully saturated rings. The van der Waals surface area contributed by atoms with Gasteiger partial charge < -0.3 is 10.6 Å². The molecule has 1 aromatic carbocycles. The van der Waals surface area contributed by atoms with Crippen LogP contribution in [0.1, 0.15) is 48.0 Å². The van der Waals surface area contributed by atoms with Gasteiger partial charge in [0.25, 0.3) is 5.91 Å². The van der Waals surface area contributed by atoms with Crippen molar-refractivity contribution >= 4 is 5.91 Å². The normalized spacial score (nSPS) is 15.6. The summed E-state index contributed by atoms with van der Waals surface area (Å²) in [7, 11) is 0. The van der Waals surface area contributed by atoms with Gasteiger partial charge in [0.1, 0.15) is 5.82 Å². The van der Waals surface area contributed by atoms with Gasteiger partial charge in [-0.2, -0.15) is 0 Å². The molecule has 1 aliphatic rings. The van der Waals surface area contributed by atoms with Gasteiger partial charge in [-0.3, -0.25) is 4.79 Å². The molecule has 1 aliphatic carbocycles. The molecule has 20 heavy (non-hydrogen) atoms. The second-order valence-corrected chi connectivity index (χ2v) is 5.56. The number of hydrogen-bond acceptors (Lipinski definition) is 2. The van der Waals surface area contributed by atoms with Crippen molar-refractivity contribution in [3.63, 3.8) is 0 Å². The maximum Gasteiger partial charge on any atom is 0.257 e. The Kier molecular flexibility index (Phi) is 5.12. The zero-order valence-corrected chi connectivity index (χ0v) is 12.1. The highest BCUT2D eigenvalue weighted by molar-refractivity contribution is 5.94. The minimum absolute atomic E-state index is 0.180. The van der Waals surface area contributed by atoms with Crippen LogP contribution in [0.25, 0.3) is 0 Å². The summed E-state index contributed by atoms with van der Waals surface area (Å²) in [5.74, 6) is -0.617. The van der Waals surface area contributed by atoms with Gasteiger partial charge in [-0.25, -0.2) is 4.39 Å². The molecular weight excluding hydrogens is 255 g/mol. The second-order valence-electron chi connectivity index (χ2n) is 5.56. The van der Waals surface area contributed by atoms with Crippen LogP contribution in [0.4, 0.5) is 4.39 Å². The first-order valence-corrected chi connectivity index (χ1v) is 7.40. The van der Waals surface area contributed by atoms with E-state index in [0.717, 1.165) is 37.7 Å². The lowest BCUT2D eigenvalue weighted by atomic mass is 10.1. The van der Waals surface area contributed by atoms with Crippen molar-refractivity contribution in [3.05, 3.63) is 35.1 Å². The maximum atomic E-state index is 14.0. The van der Waals surface area contributed by atoms with Crippen LogP contribution >= 0.6 is 0 Å². The fraction of sp³-hybridized carbons (Fsp3) is 0.562. The van der Waals surface area contributed by atoms with Gasteiger partial charge >= 0.3 is 0 Å². The Morgan fingerprint density at radius 1 is 1.40 bits per heavy atom. The molecule has 2 rings (SSSR count). The summed E-state index contributed by atoms with van der Waals surface area (Å²) in [6, 6.07) is 5.04. The highest BCUT2D eigenvalue weighted by Gasteiger charge is 2.28. The summed E-state index contributed by atoms with van der Waals surface area (Å²) in [6.45, 7) is 2.99. The second kappa shape index (κ2) is 6.84. The van der Waals surface area contributed by atoms with E-state index in [0.29, 0.717) is 13.1 Å². The highest BCUT2D eigenvalue weighted by atomic mass is 19.1. The lowest BCUT2D eigenvalue weighted by Crippen LogP contribution is -2.40. The molecule has 0 heterocycles. The van der Waals surface area contributed by atoms with Crippen molar-refractivity contribution < 1.29 is 9.18 Å². The Balaban J connectivity index is 2.20. The number of carbonyl (C=O) groups is 1. The van der Waals surface area contributed by atoms with E-state index in [-0.39, 0.29) is 17.5 Å². The predicted molar refractivity (Wildman–Crippen MR) is 78.1 cm³/mol. The molecule has 2 N–H and O–H groups in total. The van der Waals surface area contributed by atoms with Crippen molar-refractivity contribution in [1.29, 1.82) is 0 Å². The SMILES string of the molecule is Cc1ccc(C(=O)N(CCCN)C2CCCC2)c(F)c1. The Labute approximate surface area is 120 Å². The summed E-state index contributed by atoms with van der Waals surface area (Å²) < 4.78 is 14.0. The Hall–Kier alpha value is -1.42. The molecule has 0 bridgehead atoms.